The van der Waals surface area contributed by atoms with Crippen molar-refractivity contribution in [3.8, 4) is 0 Å². The summed E-state index contributed by atoms with van der Waals surface area (Å²) in [6, 6.07) is 8.39. The van der Waals surface area contributed by atoms with Crippen LogP contribution in [-0.2, 0) is 25.6 Å². The van der Waals surface area contributed by atoms with Crippen LogP contribution in [0.4, 0.5) is 13.2 Å². The molecule has 0 unspecified atom stereocenters. The number of amides is 2. The van der Waals surface area contributed by atoms with E-state index in [0.29, 0.717) is 45.3 Å². The first kappa shape index (κ1) is 27.1. The summed E-state index contributed by atoms with van der Waals surface area (Å²) in [5, 5.41) is 16.4. The largest absolute Gasteiger partial charge is 0.490 e. The zero-order chi connectivity index (χ0) is 25.5. The maximum Gasteiger partial charge on any atom is 0.490 e. The van der Waals surface area contributed by atoms with Crippen molar-refractivity contribution in [2.24, 2.45) is 11.7 Å². The minimum atomic E-state index is -5.08. The van der Waals surface area contributed by atoms with Crippen LogP contribution in [-0.4, -0.2) is 81.7 Å². The molecule has 0 aliphatic carbocycles. The van der Waals surface area contributed by atoms with E-state index in [-0.39, 0.29) is 17.7 Å². The number of nitrogens with two attached hydrogens (primary N) is 1. The molecule has 0 radical (unpaired) electrons. The van der Waals surface area contributed by atoms with Crippen molar-refractivity contribution in [3.05, 3.63) is 35.9 Å². The Morgan fingerprint density at radius 1 is 1.00 bits per heavy atom. The highest BCUT2D eigenvalue weighted by Gasteiger charge is 2.39. The Morgan fingerprint density at radius 2 is 1.56 bits per heavy atom. The average molecular weight is 487 g/mol. The van der Waals surface area contributed by atoms with Crippen molar-refractivity contribution in [1.82, 2.24) is 9.80 Å². The molecule has 2 fully saturated rings. The van der Waals surface area contributed by atoms with Gasteiger partial charge in [0, 0.05) is 25.6 Å². The van der Waals surface area contributed by atoms with Crippen LogP contribution in [0, 0.1) is 5.92 Å². The number of hydrogen-bond donors (Lipinski definition) is 3. The van der Waals surface area contributed by atoms with Crippen molar-refractivity contribution in [2.75, 3.05) is 19.6 Å². The third-order valence-corrected chi connectivity index (χ3v) is 5.83. The molecule has 1 aromatic carbocycles. The molecule has 9 nitrogen and oxygen atoms in total. The molecular formula is C22H28F3N3O6. The maximum absolute atomic E-state index is 12.7. The van der Waals surface area contributed by atoms with Crippen LogP contribution >= 0.6 is 0 Å². The third kappa shape index (κ3) is 7.44. The van der Waals surface area contributed by atoms with Gasteiger partial charge in [0.1, 0.15) is 6.04 Å². The summed E-state index contributed by atoms with van der Waals surface area (Å²) in [6.45, 7) is 1.49. The molecule has 34 heavy (non-hydrogen) atoms. The number of rotatable bonds is 5. The molecule has 3 rings (SSSR count). The number of benzene rings is 1. The third-order valence-electron chi connectivity index (χ3n) is 5.83. The fourth-order valence-corrected chi connectivity index (χ4v) is 4.06. The lowest BCUT2D eigenvalue weighted by molar-refractivity contribution is -0.192. The summed E-state index contributed by atoms with van der Waals surface area (Å²) in [5.41, 5.74) is 7.12. The number of halogens is 3. The highest BCUT2D eigenvalue weighted by atomic mass is 19.4. The highest BCUT2D eigenvalue weighted by Crippen LogP contribution is 2.26. The first-order valence-electron chi connectivity index (χ1n) is 10.8. The second-order valence-electron chi connectivity index (χ2n) is 8.23. The number of carbonyl (C=O) groups excluding carboxylic acids is 2. The Balaban J connectivity index is 0.000000509. The summed E-state index contributed by atoms with van der Waals surface area (Å²) in [6.07, 6.45) is -2.22. The topological polar surface area (TPSA) is 141 Å². The smallest absolute Gasteiger partial charge is 0.480 e. The summed E-state index contributed by atoms with van der Waals surface area (Å²) in [7, 11) is 0. The normalized spacial score (nSPS) is 19.7. The van der Waals surface area contributed by atoms with E-state index in [9.17, 15) is 32.7 Å². The van der Waals surface area contributed by atoms with E-state index < -0.39 is 30.2 Å². The Bertz CT molecular complexity index is 872. The summed E-state index contributed by atoms with van der Waals surface area (Å²) >= 11 is 0. The molecular weight excluding hydrogens is 459 g/mol. The molecule has 2 atom stereocenters. The van der Waals surface area contributed by atoms with Gasteiger partial charge in [0.15, 0.2) is 0 Å². The molecule has 2 heterocycles. The van der Waals surface area contributed by atoms with Gasteiger partial charge in [0.25, 0.3) is 0 Å². The Hall–Kier alpha value is -3.15. The first-order chi connectivity index (χ1) is 15.9. The molecule has 0 spiro atoms. The molecule has 0 saturated carbocycles. The van der Waals surface area contributed by atoms with Crippen LogP contribution in [0.25, 0.3) is 0 Å². The highest BCUT2D eigenvalue weighted by molar-refractivity contribution is 5.86. The number of aliphatic carboxylic acids is 2. The monoisotopic (exact) mass is 487 g/mol. The Kier molecular flexibility index (Phi) is 9.42. The van der Waals surface area contributed by atoms with Gasteiger partial charge in [-0.2, -0.15) is 13.2 Å². The predicted octanol–water partition coefficient (Wildman–Crippen LogP) is 1.50. The molecule has 2 aliphatic rings. The van der Waals surface area contributed by atoms with Gasteiger partial charge in [-0.15, -0.1) is 0 Å². The van der Waals surface area contributed by atoms with Crippen molar-refractivity contribution in [2.45, 2.75) is 50.4 Å². The molecule has 12 heteroatoms. The van der Waals surface area contributed by atoms with Gasteiger partial charge in [-0.05, 0) is 37.7 Å². The molecule has 2 saturated heterocycles. The Labute approximate surface area is 194 Å². The number of nitrogens with zero attached hydrogens (tertiary/aromatic N) is 2. The van der Waals surface area contributed by atoms with E-state index in [1.807, 2.05) is 30.3 Å². The van der Waals surface area contributed by atoms with Gasteiger partial charge in [-0.25, -0.2) is 9.59 Å². The van der Waals surface area contributed by atoms with E-state index in [2.05, 4.69) is 0 Å². The number of carboxylic acids is 2. The van der Waals surface area contributed by atoms with E-state index in [1.54, 1.807) is 4.90 Å². The standard InChI is InChI=1S/C20H27N3O4.C2HF3O2/c21-16(13-14-5-2-1-3-6-14)19(25)22-11-8-15(9-12-22)18(24)23-10-4-7-17(23)20(26)27;3-2(4,5)1(6)7/h1-3,5-6,15-17H,4,7-13,21H2,(H,26,27);(H,6,7)/t16-,17-;/m0./s1. The molecule has 2 amide bonds. The second-order valence-corrected chi connectivity index (χ2v) is 8.23. The van der Waals surface area contributed by atoms with Gasteiger partial charge in [0.2, 0.25) is 11.8 Å². The summed E-state index contributed by atoms with van der Waals surface area (Å²) in [4.78, 5) is 48.7. The SMILES string of the molecule is N[C@@H](Cc1ccccc1)C(=O)N1CCC(C(=O)N2CCC[C@H]2C(=O)O)CC1.O=C(O)C(F)(F)F. The predicted molar refractivity (Wildman–Crippen MR) is 113 cm³/mol. The van der Waals surface area contributed by atoms with Crippen LogP contribution in [0.1, 0.15) is 31.2 Å². The van der Waals surface area contributed by atoms with Crippen LogP contribution in [0.3, 0.4) is 0 Å². The zero-order valence-corrected chi connectivity index (χ0v) is 18.4. The van der Waals surface area contributed by atoms with Crippen LogP contribution in [0.2, 0.25) is 0 Å². The van der Waals surface area contributed by atoms with Crippen LogP contribution in [0.5, 0.6) is 0 Å². The molecule has 4 N–H and O–H groups in total. The minimum Gasteiger partial charge on any atom is -0.480 e. The van der Waals surface area contributed by atoms with Gasteiger partial charge in [0.05, 0.1) is 6.04 Å². The maximum atomic E-state index is 12.7. The van der Waals surface area contributed by atoms with E-state index in [4.69, 9.17) is 15.6 Å². The van der Waals surface area contributed by atoms with Crippen molar-refractivity contribution < 1.29 is 42.6 Å². The van der Waals surface area contributed by atoms with Gasteiger partial charge >= 0.3 is 18.1 Å². The van der Waals surface area contributed by atoms with Gasteiger partial charge in [-0.1, -0.05) is 30.3 Å². The number of piperidine rings is 1. The van der Waals surface area contributed by atoms with E-state index in [1.165, 1.54) is 4.90 Å². The van der Waals surface area contributed by atoms with E-state index >= 15 is 0 Å². The van der Waals surface area contributed by atoms with E-state index in [0.717, 1.165) is 12.0 Å². The average Bonchev–Trinajstić information content (AvgIpc) is 3.29. The van der Waals surface area contributed by atoms with Crippen LogP contribution < -0.4 is 5.73 Å². The number of likely N-dealkylation sites (tertiary alicyclic amines) is 2. The van der Waals surface area contributed by atoms with Crippen molar-refractivity contribution in [1.29, 1.82) is 0 Å². The first-order valence-corrected chi connectivity index (χ1v) is 10.8. The fourth-order valence-electron chi connectivity index (χ4n) is 4.06. The molecule has 1 aromatic rings. The fraction of sp³-hybridized carbons (Fsp3) is 0.545. The molecule has 188 valence electrons. The summed E-state index contributed by atoms with van der Waals surface area (Å²) < 4.78 is 31.7. The molecule has 0 aromatic heterocycles. The molecule has 2 aliphatic heterocycles. The second kappa shape index (κ2) is 11.8. The lowest BCUT2D eigenvalue weighted by Crippen LogP contribution is -2.51. The van der Waals surface area contributed by atoms with Crippen molar-refractivity contribution >= 4 is 23.8 Å². The molecule has 0 bridgehead atoms. The number of carboxylic acid groups (broad SMARTS) is 2. The minimum absolute atomic E-state index is 0.0828. The lowest BCUT2D eigenvalue weighted by Gasteiger charge is -2.35. The van der Waals surface area contributed by atoms with Crippen molar-refractivity contribution in [3.63, 3.8) is 0 Å². The number of hydrogen-bond acceptors (Lipinski definition) is 5. The number of carbonyl (C=O) groups is 4. The van der Waals surface area contributed by atoms with Crippen LogP contribution in [0.15, 0.2) is 30.3 Å². The Morgan fingerprint density at radius 3 is 2.06 bits per heavy atom. The number of alkyl halides is 3. The van der Waals surface area contributed by atoms with Gasteiger partial charge < -0.3 is 25.7 Å². The van der Waals surface area contributed by atoms with Gasteiger partial charge in [-0.3, -0.25) is 9.59 Å². The lowest BCUT2D eigenvalue weighted by atomic mass is 9.94. The summed E-state index contributed by atoms with van der Waals surface area (Å²) in [5.74, 6) is -4.07. The zero-order valence-electron chi connectivity index (χ0n) is 18.4. The quantitative estimate of drug-likeness (QED) is 0.572.